The number of aryl methyl sites for hydroxylation is 1. The van der Waals surface area contributed by atoms with Crippen LogP contribution in [0.4, 0.5) is 0 Å². The molecule has 0 aliphatic rings. The van der Waals surface area contributed by atoms with Gasteiger partial charge >= 0.3 is 35.5 Å². The summed E-state index contributed by atoms with van der Waals surface area (Å²) in [6.07, 6.45) is 20.2. The molecule has 0 saturated heterocycles. The summed E-state index contributed by atoms with van der Waals surface area (Å²) in [5.41, 5.74) is 0.552. The van der Waals surface area contributed by atoms with Crippen molar-refractivity contribution in [3.63, 3.8) is 0 Å². The molecular formula is C29H47NaO5S. The Kier molecular flexibility index (Phi) is 20.5. The molecule has 2 rings (SSSR count). The second-order valence-corrected chi connectivity index (χ2v) is 10.9. The van der Waals surface area contributed by atoms with Gasteiger partial charge in [-0.25, -0.2) is 0 Å². The van der Waals surface area contributed by atoms with Crippen LogP contribution in [0.2, 0.25) is 0 Å². The first-order valence-corrected chi connectivity index (χ1v) is 14.9. The molecule has 0 spiro atoms. The van der Waals surface area contributed by atoms with Crippen LogP contribution < -0.4 is 0 Å². The van der Waals surface area contributed by atoms with Crippen LogP contribution >= 0.6 is 0 Å². The number of carbonyl (C=O) groups is 1. The SMILES string of the molecule is CCCCCCCCCCCCCCCCCC(=O)O.Cc1ccc2ccccc2c1S(=O)(=O)O.[NaH]. The van der Waals surface area contributed by atoms with Crippen LogP contribution in [0.25, 0.3) is 10.8 Å². The van der Waals surface area contributed by atoms with Gasteiger partial charge in [0.05, 0.1) is 0 Å². The Morgan fingerprint density at radius 3 is 1.61 bits per heavy atom. The third kappa shape index (κ3) is 16.0. The summed E-state index contributed by atoms with van der Waals surface area (Å²) >= 11 is 0. The molecule has 200 valence electrons. The Labute approximate surface area is 241 Å². The van der Waals surface area contributed by atoms with Gasteiger partial charge < -0.3 is 5.11 Å². The van der Waals surface area contributed by atoms with Gasteiger partial charge in [-0.1, -0.05) is 133 Å². The minimum atomic E-state index is -4.16. The Hall–Kier alpha value is -0.920. The average molecular weight is 531 g/mol. The van der Waals surface area contributed by atoms with Gasteiger partial charge in [-0.3, -0.25) is 9.35 Å². The molecule has 0 unspecified atom stereocenters. The molecule has 0 heterocycles. The molecule has 0 saturated carbocycles. The van der Waals surface area contributed by atoms with Crippen molar-refractivity contribution in [2.75, 3.05) is 0 Å². The summed E-state index contributed by atoms with van der Waals surface area (Å²) in [5.74, 6) is -0.653. The van der Waals surface area contributed by atoms with Crippen LogP contribution in [0.15, 0.2) is 41.3 Å². The van der Waals surface area contributed by atoms with E-state index in [9.17, 15) is 13.2 Å². The van der Waals surface area contributed by atoms with Crippen LogP contribution in [0.3, 0.4) is 0 Å². The topological polar surface area (TPSA) is 91.7 Å². The van der Waals surface area contributed by atoms with Crippen molar-refractivity contribution in [3.8, 4) is 0 Å². The zero-order valence-corrected chi connectivity index (χ0v) is 22.6. The number of benzene rings is 2. The average Bonchev–Trinajstić information content (AvgIpc) is 2.81. The van der Waals surface area contributed by atoms with Gasteiger partial charge in [0.25, 0.3) is 10.1 Å². The maximum atomic E-state index is 11.2. The predicted octanol–water partition coefficient (Wildman–Crippen LogP) is 8.08. The second kappa shape index (κ2) is 21.1. The van der Waals surface area contributed by atoms with Crippen molar-refractivity contribution in [3.05, 3.63) is 42.0 Å². The van der Waals surface area contributed by atoms with E-state index < -0.39 is 16.1 Å². The van der Waals surface area contributed by atoms with E-state index in [1.165, 1.54) is 83.5 Å². The maximum absolute atomic E-state index is 11.2. The van der Waals surface area contributed by atoms with Crippen LogP contribution in [-0.2, 0) is 14.9 Å². The fourth-order valence-electron chi connectivity index (χ4n) is 4.34. The summed E-state index contributed by atoms with van der Waals surface area (Å²) < 4.78 is 31.6. The summed E-state index contributed by atoms with van der Waals surface area (Å²) in [4.78, 5) is 10.3. The summed E-state index contributed by atoms with van der Waals surface area (Å²) in [5, 5.41) is 9.87. The summed E-state index contributed by atoms with van der Waals surface area (Å²) in [6, 6.07) is 10.6. The van der Waals surface area contributed by atoms with E-state index in [1.807, 2.05) is 18.2 Å². The first-order valence-electron chi connectivity index (χ1n) is 13.4. The third-order valence-electron chi connectivity index (χ3n) is 6.33. The number of hydrogen-bond acceptors (Lipinski definition) is 3. The van der Waals surface area contributed by atoms with E-state index in [4.69, 9.17) is 9.66 Å². The molecule has 0 aliphatic carbocycles. The second-order valence-electron chi connectivity index (χ2n) is 9.50. The van der Waals surface area contributed by atoms with Crippen molar-refractivity contribution in [2.24, 2.45) is 0 Å². The summed E-state index contributed by atoms with van der Waals surface area (Å²) in [7, 11) is -4.16. The van der Waals surface area contributed by atoms with Crippen molar-refractivity contribution in [1.82, 2.24) is 0 Å². The van der Waals surface area contributed by atoms with E-state index in [0.29, 0.717) is 17.4 Å². The zero-order valence-electron chi connectivity index (χ0n) is 21.8. The number of carboxylic acids is 1. The Morgan fingerprint density at radius 1 is 0.722 bits per heavy atom. The van der Waals surface area contributed by atoms with Gasteiger partial charge in [-0.2, -0.15) is 8.42 Å². The zero-order chi connectivity index (χ0) is 25.9. The van der Waals surface area contributed by atoms with E-state index in [-0.39, 0.29) is 34.5 Å². The van der Waals surface area contributed by atoms with Gasteiger partial charge in [0, 0.05) is 11.8 Å². The molecule has 2 aromatic rings. The van der Waals surface area contributed by atoms with Crippen LogP contribution in [0.1, 0.15) is 115 Å². The van der Waals surface area contributed by atoms with Crippen molar-refractivity contribution in [1.29, 1.82) is 0 Å². The standard InChI is InChI=1S/C18H36O2.C11H10O3S.Na.H/c1-2-3-4-5-6-7-8-9-10-11-12-13-14-15-16-17-18(19)20;1-8-6-7-9-4-2-3-5-10(9)11(8)15(12,13)14;;/h2-17H2,1H3,(H,19,20);2-7H,1H3,(H,12,13,14);;. The first-order chi connectivity index (χ1) is 16.8. The van der Waals surface area contributed by atoms with Crippen LogP contribution in [0.5, 0.6) is 0 Å². The first kappa shape index (κ1) is 35.1. The molecule has 0 atom stereocenters. The number of hydrogen-bond donors (Lipinski definition) is 2. The molecule has 0 fully saturated rings. The van der Waals surface area contributed by atoms with Crippen molar-refractivity contribution < 1.29 is 22.9 Å². The number of unbranched alkanes of at least 4 members (excludes halogenated alkanes) is 14. The van der Waals surface area contributed by atoms with E-state index >= 15 is 0 Å². The predicted molar refractivity (Wildman–Crippen MR) is 153 cm³/mol. The Morgan fingerprint density at radius 2 is 1.17 bits per heavy atom. The van der Waals surface area contributed by atoms with Crippen LogP contribution in [-0.4, -0.2) is 53.6 Å². The fraction of sp³-hybridized carbons (Fsp3) is 0.621. The molecule has 2 N–H and O–H groups in total. The third-order valence-corrected chi connectivity index (χ3v) is 7.39. The molecule has 36 heavy (non-hydrogen) atoms. The molecule has 7 heteroatoms. The minimum absolute atomic E-state index is 0. The molecule has 5 nitrogen and oxygen atoms in total. The molecule has 2 aromatic carbocycles. The van der Waals surface area contributed by atoms with Gasteiger partial charge in [0.2, 0.25) is 0 Å². The van der Waals surface area contributed by atoms with E-state index in [0.717, 1.165) is 18.2 Å². The fourth-order valence-corrected chi connectivity index (χ4v) is 5.28. The normalized spacial score (nSPS) is 11.0. The van der Waals surface area contributed by atoms with Gasteiger partial charge in [0.1, 0.15) is 4.90 Å². The number of aliphatic carboxylic acids is 1. The molecular weight excluding hydrogens is 483 g/mol. The van der Waals surface area contributed by atoms with Gasteiger partial charge in [0.15, 0.2) is 0 Å². The van der Waals surface area contributed by atoms with Crippen LogP contribution in [0, 0.1) is 6.92 Å². The van der Waals surface area contributed by atoms with Crippen molar-refractivity contribution in [2.45, 2.75) is 121 Å². The Bertz CT molecular complexity index is 959. The van der Waals surface area contributed by atoms with E-state index in [2.05, 4.69) is 6.92 Å². The van der Waals surface area contributed by atoms with Gasteiger partial charge in [-0.15, -0.1) is 0 Å². The number of carboxylic acid groups (broad SMARTS) is 1. The molecule has 0 amide bonds. The number of rotatable bonds is 17. The molecule has 0 aromatic heterocycles. The van der Waals surface area contributed by atoms with E-state index in [1.54, 1.807) is 25.1 Å². The number of fused-ring (bicyclic) bond motifs is 1. The summed E-state index contributed by atoms with van der Waals surface area (Å²) in [6.45, 7) is 3.93. The Balaban J connectivity index is 0.000000682. The quantitative estimate of drug-likeness (QED) is 0.123. The monoisotopic (exact) mass is 530 g/mol. The molecule has 0 aliphatic heterocycles. The van der Waals surface area contributed by atoms with Gasteiger partial charge in [-0.05, 0) is 24.3 Å². The molecule has 0 radical (unpaired) electrons. The molecule has 0 bridgehead atoms. The van der Waals surface area contributed by atoms with Crippen molar-refractivity contribution >= 4 is 56.4 Å².